The van der Waals surface area contributed by atoms with Gasteiger partial charge in [0.05, 0.1) is 5.92 Å². The Balaban J connectivity index is 1.72. The normalized spacial score (nSPS) is 31.6. The minimum atomic E-state index is -0.821. The zero-order valence-corrected chi connectivity index (χ0v) is 9.69. The Kier molecular flexibility index (Phi) is 3.78. The highest BCUT2D eigenvalue weighted by atomic mass is 16.4. The number of carbonyl (C=O) groups is 2. The first kappa shape index (κ1) is 12.1. The topological polar surface area (TPSA) is 78.4 Å². The van der Waals surface area contributed by atoms with Gasteiger partial charge in [-0.1, -0.05) is 12.2 Å². The Morgan fingerprint density at radius 2 is 2.24 bits per heavy atom. The van der Waals surface area contributed by atoms with Crippen molar-refractivity contribution in [3.05, 3.63) is 12.2 Å². The average Bonchev–Trinajstić information content (AvgIpc) is 2.88. The third-order valence-corrected chi connectivity index (χ3v) is 3.38. The molecule has 5 nitrogen and oxygen atoms in total. The molecule has 94 valence electrons. The molecule has 3 atom stereocenters. The van der Waals surface area contributed by atoms with E-state index in [1.807, 2.05) is 0 Å². The van der Waals surface area contributed by atoms with Crippen molar-refractivity contribution in [3.8, 4) is 0 Å². The summed E-state index contributed by atoms with van der Waals surface area (Å²) in [5, 5.41) is 14.9. The van der Waals surface area contributed by atoms with E-state index < -0.39 is 11.9 Å². The largest absolute Gasteiger partial charge is 0.481 e. The molecule has 1 aliphatic heterocycles. The van der Waals surface area contributed by atoms with Crippen LogP contribution in [0.4, 0.5) is 0 Å². The summed E-state index contributed by atoms with van der Waals surface area (Å²) in [7, 11) is 0. The van der Waals surface area contributed by atoms with Gasteiger partial charge in [0.25, 0.3) is 0 Å². The number of amides is 1. The number of aliphatic carboxylic acids is 1. The third-order valence-electron chi connectivity index (χ3n) is 3.38. The number of hydrogen-bond donors (Lipinski definition) is 3. The molecule has 1 heterocycles. The summed E-state index contributed by atoms with van der Waals surface area (Å²) in [4.78, 5) is 22.5. The first-order valence-electron chi connectivity index (χ1n) is 6.06. The molecule has 17 heavy (non-hydrogen) atoms. The third kappa shape index (κ3) is 3.30. The quantitative estimate of drug-likeness (QED) is 0.608. The molecule has 0 bridgehead atoms. The van der Waals surface area contributed by atoms with Crippen LogP contribution in [0.3, 0.4) is 0 Å². The Labute approximate surface area is 100 Å². The Morgan fingerprint density at radius 3 is 2.82 bits per heavy atom. The van der Waals surface area contributed by atoms with E-state index in [9.17, 15) is 9.59 Å². The Hall–Kier alpha value is -1.36. The van der Waals surface area contributed by atoms with E-state index >= 15 is 0 Å². The lowest BCUT2D eigenvalue weighted by molar-refractivity contribution is -0.140. The van der Waals surface area contributed by atoms with Gasteiger partial charge in [-0.3, -0.25) is 9.59 Å². The second-order valence-electron chi connectivity index (χ2n) is 4.80. The molecular weight excluding hydrogens is 220 g/mol. The first-order valence-corrected chi connectivity index (χ1v) is 6.06. The predicted molar refractivity (Wildman–Crippen MR) is 62.4 cm³/mol. The van der Waals surface area contributed by atoms with Crippen LogP contribution in [0, 0.1) is 11.8 Å². The number of carboxylic acids is 1. The smallest absolute Gasteiger partial charge is 0.310 e. The van der Waals surface area contributed by atoms with Crippen LogP contribution in [0.2, 0.25) is 0 Å². The van der Waals surface area contributed by atoms with Crippen molar-refractivity contribution in [1.82, 2.24) is 10.6 Å². The van der Waals surface area contributed by atoms with Crippen molar-refractivity contribution in [2.75, 3.05) is 13.1 Å². The molecule has 0 aromatic rings. The molecule has 3 N–H and O–H groups in total. The van der Waals surface area contributed by atoms with Gasteiger partial charge >= 0.3 is 5.97 Å². The van der Waals surface area contributed by atoms with Crippen LogP contribution in [-0.4, -0.2) is 36.1 Å². The molecule has 1 amide bonds. The molecule has 1 fully saturated rings. The molecule has 0 aromatic heterocycles. The maximum absolute atomic E-state index is 11.7. The van der Waals surface area contributed by atoms with Gasteiger partial charge in [-0.2, -0.15) is 0 Å². The fourth-order valence-corrected chi connectivity index (χ4v) is 2.41. The van der Waals surface area contributed by atoms with E-state index in [2.05, 4.69) is 10.6 Å². The van der Waals surface area contributed by atoms with Crippen molar-refractivity contribution in [1.29, 1.82) is 0 Å². The molecule has 0 saturated carbocycles. The Morgan fingerprint density at radius 1 is 1.41 bits per heavy atom. The van der Waals surface area contributed by atoms with Crippen LogP contribution in [0.1, 0.15) is 19.3 Å². The monoisotopic (exact) mass is 238 g/mol. The number of carboxylic acid groups (broad SMARTS) is 1. The predicted octanol–water partition coefficient (Wildman–Crippen LogP) is 0.131. The van der Waals surface area contributed by atoms with Crippen LogP contribution in [0.15, 0.2) is 12.2 Å². The number of carbonyl (C=O) groups excluding carboxylic acids is 1. The lowest BCUT2D eigenvalue weighted by Gasteiger charge is -2.14. The number of nitrogens with one attached hydrogen (secondary N) is 2. The van der Waals surface area contributed by atoms with E-state index in [0.29, 0.717) is 18.8 Å². The van der Waals surface area contributed by atoms with E-state index in [-0.39, 0.29) is 11.9 Å². The molecule has 2 aliphatic rings. The van der Waals surface area contributed by atoms with Gasteiger partial charge in [-0.25, -0.2) is 0 Å². The minimum Gasteiger partial charge on any atom is -0.481 e. The molecule has 1 saturated heterocycles. The van der Waals surface area contributed by atoms with E-state index in [0.717, 1.165) is 19.5 Å². The second kappa shape index (κ2) is 5.31. The first-order chi connectivity index (χ1) is 8.15. The van der Waals surface area contributed by atoms with Gasteiger partial charge < -0.3 is 15.7 Å². The van der Waals surface area contributed by atoms with Gasteiger partial charge in [0, 0.05) is 12.5 Å². The minimum absolute atomic E-state index is 0.0272. The average molecular weight is 238 g/mol. The van der Waals surface area contributed by atoms with Crippen LogP contribution >= 0.6 is 0 Å². The fraction of sp³-hybridized carbons (Fsp3) is 0.667. The highest BCUT2D eigenvalue weighted by Gasteiger charge is 2.26. The van der Waals surface area contributed by atoms with Crippen LogP contribution in [0.5, 0.6) is 0 Å². The summed E-state index contributed by atoms with van der Waals surface area (Å²) in [5.41, 5.74) is 0. The zero-order valence-electron chi connectivity index (χ0n) is 9.69. The van der Waals surface area contributed by atoms with E-state index in [1.54, 1.807) is 12.2 Å². The van der Waals surface area contributed by atoms with Crippen molar-refractivity contribution in [2.24, 2.45) is 11.8 Å². The van der Waals surface area contributed by atoms with E-state index in [4.69, 9.17) is 5.11 Å². The number of hydrogen-bond acceptors (Lipinski definition) is 3. The van der Waals surface area contributed by atoms with Crippen LogP contribution < -0.4 is 10.6 Å². The molecule has 3 unspecified atom stereocenters. The molecule has 2 rings (SSSR count). The highest BCUT2D eigenvalue weighted by Crippen LogP contribution is 2.19. The van der Waals surface area contributed by atoms with Gasteiger partial charge in [0.2, 0.25) is 5.91 Å². The van der Waals surface area contributed by atoms with E-state index in [1.165, 1.54) is 0 Å². The summed E-state index contributed by atoms with van der Waals surface area (Å²) in [6, 6.07) is -0.113. The summed E-state index contributed by atoms with van der Waals surface area (Å²) in [5.74, 6) is -0.818. The summed E-state index contributed by atoms with van der Waals surface area (Å²) in [6.07, 6.45) is 5.50. The fourth-order valence-electron chi connectivity index (χ4n) is 2.41. The highest BCUT2D eigenvalue weighted by molar-refractivity contribution is 5.78. The maximum atomic E-state index is 11.7. The molecule has 1 aliphatic carbocycles. The van der Waals surface area contributed by atoms with Crippen LogP contribution in [0.25, 0.3) is 0 Å². The Bertz CT molecular complexity index is 335. The maximum Gasteiger partial charge on any atom is 0.310 e. The van der Waals surface area contributed by atoms with Crippen molar-refractivity contribution >= 4 is 11.9 Å². The molecule has 0 spiro atoms. The lowest BCUT2D eigenvalue weighted by Crippen LogP contribution is -2.34. The summed E-state index contributed by atoms with van der Waals surface area (Å²) >= 11 is 0. The van der Waals surface area contributed by atoms with Crippen LogP contribution in [-0.2, 0) is 9.59 Å². The molecule has 0 radical (unpaired) electrons. The van der Waals surface area contributed by atoms with Gasteiger partial charge in [-0.05, 0) is 31.8 Å². The molecule has 0 aromatic carbocycles. The lowest BCUT2D eigenvalue weighted by atomic mass is 10.0. The van der Waals surface area contributed by atoms with Gasteiger partial charge in [0.15, 0.2) is 0 Å². The van der Waals surface area contributed by atoms with Crippen molar-refractivity contribution in [3.63, 3.8) is 0 Å². The zero-order chi connectivity index (χ0) is 12.3. The summed E-state index contributed by atoms with van der Waals surface area (Å²) in [6.45, 7) is 1.90. The standard InChI is InChI=1S/C12H18N2O3/c15-11(5-8-3-4-13-7-8)14-10-2-1-9(6-10)12(16)17/h1-2,8-10,13H,3-7H2,(H,14,15)(H,16,17). The molecular formula is C12H18N2O3. The van der Waals surface area contributed by atoms with Gasteiger partial charge in [-0.15, -0.1) is 0 Å². The van der Waals surface area contributed by atoms with Crippen molar-refractivity contribution in [2.45, 2.75) is 25.3 Å². The number of rotatable bonds is 4. The second-order valence-corrected chi connectivity index (χ2v) is 4.80. The molecule has 5 heteroatoms. The summed E-state index contributed by atoms with van der Waals surface area (Å²) < 4.78 is 0. The van der Waals surface area contributed by atoms with Gasteiger partial charge in [0.1, 0.15) is 0 Å². The van der Waals surface area contributed by atoms with Crippen molar-refractivity contribution < 1.29 is 14.7 Å². The SMILES string of the molecule is O=C(CC1CCNC1)NC1C=CC(C(=O)O)C1.